The number of allylic oxidation sites excluding steroid dienone is 1. The van der Waals surface area contributed by atoms with Crippen LogP contribution in [0.3, 0.4) is 0 Å². The van der Waals surface area contributed by atoms with Gasteiger partial charge in [-0.15, -0.1) is 0 Å². The van der Waals surface area contributed by atoms with Crippen LogP contribution >= 0.6 is 0 Å². The van der Waals surface area contributed by atoms with Crippen LogP contribution in [0.2, 0.25) is 0 Å². The molecule has 0 spiro atoms. The molecule has 0 rings (SSSR count). The molecule has 0 heterocycles. The molecule has 2 N–H and O–H groups in total. The fourth-order valence-electron chi connectivity index (χ4n) is 0.327. The summed E-state index contributed by atoms with van der Waals surface area (Å²) in [7, 11) is 1.88. The lowest BCUT2D eigenvalue weighted by Crippen LogP contribution is -2.20. The Morgan fingerprint density at radius 1 is 1.67 bits per heavy atom. The molecule has 0 aromatic carbocycles. The topological polar surface area (TPSA) is 33.3 Å². The lowest BCUT2D eigenvalue weighted by molar-refractivity contribution is 0.0662. The van der Waals surface area contributed by atoms with Crippen molar-refractivity contribution in [1.29, 1.82) is 0 Å². The van der Waals surface area contributed by atoms with E-state index in [2.05, 4.69) is 17.4 Å². The summed E-state index contributed by atoms with van der Waals surface area (Å²) in [5.41, 5.74) is 3.47. The van der Waals surface area contributed by atoms with Crippen LogP contribution < -0.4 is 10.8 Å². The molecule has 0 amide bonds. The van der Waals surface area contributed by atoms with Gasteiger partial charge in [0.25, 0.3) is 0 Å². The van der Waals surface area contributed by atoms with E-state index in [-0.39, 0.29) is 0 Å². The van der Waals surface area contributed by atoms with E-state index in [0.29, 0.717) is 6.61 Å². The van der Waals surface area contributed by atoms with E-state index in [1.54, 1.807) is 0 Å². The number of hydrogen-bond acceptors (Lipinski definition) is 3. The summed E-state index contributed by atoms with van der Waals surface area (Å²) in [5, 5.41) is 2.95. The second kappa shape index (κ2) is 5.59. The number of hydrogen-bond donors (Lipinski definition) is 2. The molecule has 0 aliphatic rings. The zero-order chi connectivity index (χ0) is 7.11. The molecule has 0 aromatic rings. The summed E-state index contributed by atoms with van der Waals surface area (Å²) in [6.45, 7) is 6.95. The number of likely N-dealkylation sites (N-methyl/N-ethyl adjacent to an activating group) is 1. The predicted octanol–water partition coefficient (Wildman–Crippen LogP) is 0.261. The van der Waals surface area contributed by atoms with Crippen molar-refractivity contribution >= 4 is 0 Å². The molecule has 0 aliphatic carbocycles. The van der Waals surface area contributed by atoms with Crippen LogP contribution in [0.4, 0.5) is 0 Å². The van der Waals surface area contributed by atoms with Crippen molar-refractivity contribution in [3.63, 3.8) is 0 Å². The van der Waals surface area contributed by atoms with Crippen molar-refractivity contribution in [2.24, 2.45) is 0 Å². The van der Waals surface area contributed by atoms with E-state index in [4.69, 9.17) is 4.84 Å². The molecular formula is C6H14N2O. The first-order chi connectivity index (χ1) is 4.27. The van der Waals surface area contributed by atoms with Gasteiger partial charge in [0.1, 0.15) is 0 Å². The quantitative estimate of drug-likeness (QED) is 0.414. The van der Waals surface area contributed by atoms with E-state index in [1.807, 2.05) is 14.0 Å². The van der Waals surface area contributed by atoms with Crippen LogP contribution in [0.25, 0.3) is 0 Å². The predicted molar refractivity (Wildman–Crippen MR) is 37.8 cm³/mol. The highest BCUT2D eigenvalue weighted by Gasteiger charge is 1.82. The smallest absolute Gasteiger partial charge is 0.0870 e. The van der Waals surface area contributed by atoms with Gasteiger partial charge in [0, 0.05) is 12.2 Å². The number of nitrogens with one attached hydrogen (secondary N) is 2. The third-order valence-corrected chi connectivity index (χ3v) is 0.701. The summed E-state index contributed by atoms with van der Waals surface area (Å²) >= 11 is 0. The van der Waals surface area contributed by atoms with Crippen molar-refractivity contribution in [2.75, 3.05) is 20.2 Å². The average molecular weight is 130 g/mol. The van der Waals surface area contributed by atoms with Crippen molar-refractivity contribution in [3.8, 4) is 0 Å². The summed E-state index contributed by atoms with van der Waals surface area (Å²) in [5.74, 6) is 0. The Hall–Kier alpha value is -0.540. The van der Waals surface area contributed by atoms with Crippen LogP contribution in [0.5, 0.6) is 0 Å². The van der Waals surface area contributed by atoms with Gasteiger partial charge >= 0.3 is 0 Å². The van der Waals surface area contributed by atoms with E-state index in [9.17, 15) is 0 Å². The van der Waals surface area contributed by atoms with E-state index < -0.39 is 0 Å². The van der Waals surface area contributed by atoms with Crippen LogP contribution in [0.1, 0.15) is 6.92 Å². The summed E-state index contributed by atoms with van der Waals surface area (Å²) in [4.78, 5) is 4.92. The first-order valence-electron chi connectivity index (χ1n) is 2.95. The molecule has 0 unspecified atom stereocenters. The van der Waals surface area contributed by atoms with Crippen molar-refractivity contribution in [2.45, 2.75) is 6.92 Å². The molecule has 0 atom stereocenters. The Morgan fingerprint density at radius 3 is 2.78 bits per heavy atom. The summed E-state index contributed by atoms with van der Waals surface area (Å²) in [6.07, 6.45) is 0. The second-order valence-corrected chi connectivity index (χ2v) is 1.83. The average Bonchev–Trinajstić information content (AvgIpc) is 1.80. The molecule has 0 aliphatic heterocycles. The molecule has 0 saturated heterocycles. The molecule has 3 nitrogen and oxygen atoms in total. The largest absolute Gasteiger partial charge is 0.317 e. The third kappa shape index (κ3) is 7.46. The molecule has 0 bridgehead atoms. The number of hydroxylamine groups is 1. The molecule has 0 radical (unpaired) electrons. The molecule has 54 valence electrons. The highest BCUT2D eigenvalue weighted by Crippen LogP contribution is 1.76. The lowest BCUT2D eigenvalue weighted by Gasteiger charge is -2.03. The van der Waals surface area contributed by atoms with Crippen molar-refractivity contribution in [1.82, 2.24) is 10.8 Å². The van der Waals surface area contributed by atoms with Gasteiger partial charge in [-0.3, -0.25) is 10.3 Å². The minimum Gasteiger partial charge on any atom is -0.317 e. The third-order valence-electron chi connectivity index (χ3n) is 0.701. The van der Waals surface area contributed by atoms with Crippen LogP contribution in [-0.4, -0.2) is 20.2 Å². The van der Waals surface area contributed by atoms with Crippen molar-refractivity contribution in [3.05, 3.63) is 12.3 Å². The van der Waals surface area contributed by atoms with E-state index in [1.165, 1.54) is 0 Å². The SMILES string of the molecule is C=C(C)NOCCNC. The van der Waals surface area contributed by atoms with Gasteiger partial charge in [-0.1, -0.05) is 6.58 Å². The molecule has 0 aromatic heterocycles. The zero-order valence-electron chi connectivity index (χ0n) is 6.03. The van der Waals surface area contributed by atoms with Crippen LogP contribution in [0.15, 0.2) is 12.3 Å². The van der Waals surface area contributed by atoms with E-state index >= 15 is 0 Å². The highest BCUT2D eigenvalue weighted by atomic mass is 16.6. The standard InChI is InChI=1S/C6H14N2O/c1-6(2)8-9-5-4-7-3/h7-8H,1,4-5H2,2-3H3. The normalized spacial score (nSPS) is 9.11. The van der Waals surface area contributed by atoms with Gasteiger partial charge in [-0.25, -0.2) is 0 Å². The minimum absolute atomic E-state index is 0.656. The maximum Gasteiger partial charge on any atom is 0.0870 e. The molecule has 3 heteroatoms. The Kier molecular flexibility index (Phi) is 5.26. The van der Waals surface area contributed by atoms with Crippen LogP contribution in [-0.2, 0) is 4.84 Å². The van der Waals surface area contributed by atoms with E-state index in [0.717, 1.165) is 12.2 Å². The maximum atomic E-state index is 4.92. The maximum absolute atomic E-state index is 4.92. The van der Waals surface area contributed by atoms with Gasteiger partial charge in [-0.2, -0.15) is 0 Å². The van der Waals surface area contributed by atoms with Crippen LogP contribution in [0, 0.1) is 0 Å². The molecular weight excluding hydrogens is 116 g/mol. The van der Waals surface area contributed by atoms with Gasteiger partial charge in [0.05, 0.1) is 6.61 Å². The second-order valence-electron chi connectivity index (χ2n) is 1.83. The molecule has 0 saturated carbocycles. The Labute approximate surface area is 56.0 Å². The number of rotatable bonds is 5. The van der Waals surface area contributed by atoms with Gasteiger partial charge < -0.3 is 5.32 Å². The Bertz CT molecular complexity index is 83.1. The first kappa shape index (κ1) is 8.46. The molecule has 9 heavy (non-hydrogen) atoms. The van der Waals surface area contributed by atoms with Gasteiger partial charge in [0.15, 0.2) is 0 Å². The fraction of sp³-hybridized carbons (Fsp3) is 0.667. The summed E-state index contributed by atoms with van der Waals surface area (Å²) in [6, 6.07) is 0. The zero-order valence-corrected chi connectivity index (χ0v) is 6.03. The summed E-state index contributed by atoms with van der Waals surface area (Å²) < 4.78 is 0. The van der Waals surface area contributed by atoms with Gasteiger partial charge in [-0.05, 0) is 14.0 Å². The van der Waals surface area contributed by atoms with Crippen molar-refractivity contribution < 1.29 is 4.84 Å². The monoisotopic (exact) mass is 130 g/mol. The fourth-order valence-corrected chi connectivity index (χ4v) is 0.327. The minimum atomic E-state index is 0.656. The Morgan fingerprint density at radius 2 is 2.33 bits per heavy atom. The lowest BCUT2D eigenvalue weighted by atomic mass is 10.6. The first-order valence-corrected chi connectivity index (χ1v) is 2.95. The molecule has 0 fully saturated rings. The Balaban J connectivity index is 2.83. The van der Waals surface area contributed by atoms with Gasteiger partial charge in [0.2, 0.25) is 0 Å². The highest BCUT2D eigenvalue weighted by molar-refractivity contribution is 4.79.